The number of nitriles is 1. The number of morpholine rings is 1. The van der Waals surface area contributed by atoms with Crippen LogP contribution in [0.15, 0.2) is 24.3 Å². The number of nitrogens with zero attached hydrogens (tertiary/aromatic N) is 2. The first-order chi connectivity index (χ1) is 10.2. The number of rotatable bonds is 5. The maximum absolute atomic E-state index is 11.8. The lowest BCUT2D eigenvalue weighted by Gasteiger charge is -2.33. The van der Waals surface area contributed by atoms with E-state index in [1.54, 1.807) is 25.2 Å². The summed E-state index contributed by atoms with van der Waals surface area (Å²) in [5, 5.41) is 11.5. The summed E-state index contributed by atoms with van der Waals surface area (Å²) < 4.78 is 11.0. The van der Waals surface area contributed by atoms with Crippen LogP contribution in [0.25, 0.3) is 0 Å². The fraction of sp³-hybridized carbons (Fsp3) is 0.467. The Labute approximate surface area is 124 Å². The molecule has 0 radical (unpaired) electrons. The monoisotopic (exact) mass is 289 g/mol. The van der Waals surface area contributed by atoms with Crippen molar-refractivity contribution in [3.8, 4) is 11.8 Å². The van der Waals surface area contributed by atoms with Gasteiger partial charge in [0.1, 0.15) is 18.4 Å². The molecule has 21 heavy (non-hydrogen) atoms. The van der Waals surface area contributed by atoms with Gasteiger partial charge < -0.3 is 14.8 Å². The van der Waals surface area contributed by atoms with Gasteiger partial charge in [-0.2, -0.15) is 5.26 Å². The molecule has 0 saturated carbocycles. The molecule has 112 valence electrons. The van der Waals surface area contributed by atoms with Crippen molar-refractivity contribution >= 4 is 5.91 Å². The molecule has 1 aromatic carbocycles. The zero-order valence-corrected chi connectivity index (χ0v) is 12.0. The summed E-state index contributed by atoms with van der Waals surface area (Å²) in [6, 6.07) is 8.85. The van der Waals surface area contributed by atoms with Crippen LogP contribution in [0, 0.1) is 11.3 Å². The second-order valence-corrected chi connectivity index (χ2v) is 4.73. The van der Waals surface area contributed by atoms with E-state index in [4.69, 9.17) is 14.7 Å². The van der Waals surface area contributed by atoms with Crippen LogP contribution in [0.1, 0.15) is 5.56 Å². The summed E-state index contributed by atoms with van der Waals surface area (Å²) in [5.74, 6) is 0.625. The summed E-state index contributed by atoms with van der Waals surface area (Å²) >= 11 is 0. The van der Waals surface area contributed by atoms with Gasteiger partial charge in [0.05, 0.1) is 24.8 Å². The Morgan fingerprint density at radius 1 is 1.62 bits per heavy atom. The highest BCUT2D eigenvalue weighted by Gasteiger charge is 2.28. The van der Waals surface area contributed by atoms with Crippen LogP contribution < -0.4 is 10.1 Å². The number of nitrogens with one attached hydrogen (secondary N) is 1. The van der Waals surface area contributed by atoms with E-state index in [1.165, 1.54) is 0 Å². The molecule has 1 amide bonds. The largest absolute Gasteiger partial charge is 0.492 e. The van der Waals surface area contributed by atoms with Crippen molar-refractivity contribution in [3.63, 3.8) is 0 Å². The molecule has 1 aliphatic rings. The minimum atomic E-state index is -0.266. The van der Waals surface area contributed by atoms with Crippen LogP contribution in [0.4, 0.5) is 0 Å². The van der Waals surface area contributed by atoms with Gasteiger partial charge in [-0.15, -0.1) is 0 Å². The zero-order chi connectivity index (χ0) is 15.1. The molecule has 1 heterocycles. The van der Waals surface area contributed by atoms with Crippen LogP contribution in [0.5, 0.6) is 5.75 Å². The first-order valence-corrected chi connectivity index (χ1v) is 6.91. The van der Waals surface area contributed by atoms with E-state index < -0.39 is 0 Å². The molecular weight excluding hydrogens is 270 g/mol. The lowest BCUT2D eigenvalue weighted by atomic mass is 10.2. The van der Waals surface area contributed by atoms with Gasteiger partial charge in [-0.1, -0.05) is 6.07 Å². The topological polar surface area (TPSA) is 74.6 Å². The average molecular weight is 289 g/mol. The Hall–Kier alpha value is -2.10. The van der Waals surface area contributed by atoms with E-state index in [9.17, 15) is 4.79 Å². The molecule has 1 aromatic rings. The molecule has 2 rings (SSSR count). The Balaban J connectivity index is 1.86. The van der Waals surface area contributed by atoms with Crippen LogP contribution >= 0.6 is 0 Å². The number of carbonyl (C=O) groups excluding carboxylic acids is 1. The van der Waals surface area contributed by atoms with Gasteiger partial charge in [0, 0.05) is 20.1 Å². The van der Waals surface area contributed by atoms with E-state index in [0.29, 0.717) is 44.2 Å². The molecule has 0 aromatic heterocycles. The van der Waals surface area contributed by atoms with Gasteiger partial charge >= 0.3 is 0 Å². The highest BCUT2D eigenvalue weighted by atomic mass is 16.5. The van der Waals surface area contributed by atoms with Crippen molar-refractivity contribution in [1.82, 2.24) is 10.2 Å². The second kappa shape index (κ2) is 7.62. The normalized spacial score (nSPS) is 18.8. The number of likely N-dealkylation sites (N-methyl/N-ethyl adjacent to an activating group) is 1. The molecule has 1 aliphatic heterocycles. The van der Waals surface area contributed by atoms with Crippen molar-refractivity contribution in [3.05, 3.63) is 29.8 Å². The van der Waals surface area contributed by atoms with Crippen molar-refractivity contribution < 1.29 is 14.3 Å². The molecule has 1 saturated heterocycles. The fourth-order valence-corrected chi connectivity index (χ4v) is 2.25. The minimum Gasteiger partial charge on any atom is -0.492 e. The lowest BCUT2D eigenvalue weighted by Crippen LogP contribution is -2.54. The summed E-state index contributed by atoms with van der Waals surface area (Å²) in [5.41, 5.74) is 0.571. The molecule has 6 heteroatoms. The first-order valence-electron chi connectivity index (χ1n) is 6.91. The third-order valence-corrected chi connectivity index (χ3v) is 3.40. The first kappa shape index (κ1) is 15.3. The van der Waals surface area contributed by atoms with Crippen molar-refractivity contribution in [2.45, 2.75) is 6.04 Å². The lowest BCUT2D eigenvalue weighted by molar-refractivity contribution is -0.132. The summed E-state index contributed by atoms with van der Waals surface area (Å²) in [7, 11) is 1.62. The number of amides is 1. The van der Waals surface area contributed by atoms with E-state index in [1.807, 2.05) is 6.07 Å². The van der Waals surface area contributed by atoms with Crippen LogP contribution in [0.2, 0.25) is 0 Å². The van der Waals surface area contributed by atoms with Gasteiger partial charge in [0.2, 0.25) is 5.91 Å². The summed E-state index contributed by atoms with van der Waals surface area (Å²) in [6.45, 7) is 2.83. The Morgan fingerprint density at radius 3 is 3.24 bits per heavy atom. The SMILES string of the molecule is CNC(=O)C1COCCN1CCOc1cccc(C#N)c1. The standard InChI is InChI=1S/C15H19N3O3/c1-17-15(19)14-11-20-7-5-18(14)6-8-21-13-4-2-3-12(9-13)10-16/h2-4,9,14H,5-8,11H2,1H3,(H,17,19). The predicted octanol–water partition coefficient (Wildman–Crippen LogP) is 0.384. The third-order valence-electron chi connectivity index (χ3n) is 3.40. The minimum absolute atomic E-state index is 0.0406. The van der Waals surface area contributed by atoms with Crippen molar-refractivity contribution in [2.24, 2.45) is 0 Å². The van der Waals surface area contributed by atoms with Gasteiger partial charge in [0.25, 0.3) is 0 Å². The van der Waals surface area contributed by atoms with Crippen molar-refractivity contribution in [1.29, 1.82) is 5.26 Å². The Morgan fingerprint density at radius 2 is 2.48 bits per heavy atom. The molecule has 0 bridgehead atoms. The molecule has 0 spiro atoms. The molecule has 1 atom stereocenters. The Bertz CT molecular complexity index is 527. The smallest absolute Gasteiger partial charge is 0.239 e. The number of hydrogen-bond acceptors (Lipinski definition) is 5. The Kier molecular flexibility index (Phi) is 5.55. The number of ether oxygens (including phenoxy) is 2. The van der Waals surface area contributed by atoms with Gasteiger partial charge in [-0.05, 0) is 18.2 Å². The molecule has 0 aliphatic carbocycles. The molecule has 1 unspecified atom stereocenters. The van der Waals surface area contributed by atoms with Crippen LogP contribution in [-0.4, -0.2) is 56.8 Å². The van der Waals surface area contributed by atoms with Gasteiger partial charge in [-0.25, -0.2) is 0 Å². The van der Waals surface area contributed by atoms with E-state index in [2.05, 4.69) is 16.3 Å². The molecule has 1 fully saturated rings. The molecule has 6 nitrogen and oxygen atoms in total. The highest BCUT2D eigenvalue weighted by molar-refractivity contribution is 5.81. The summed E-state index contributed by atoms with van der Waals surface area (Å²) in [4.78, 5) is 13.8. The van der Waals surface area contributed by atoms with E-state index in [-0.39, 0.29) is 11.9 Å². The molecular formula is C15H19N3O3. The molecule has 1 N–H and O–H groups in total. The zero-order valence-electron chi connectivity index (χ0n) is 12.0. The number of hydrogen-bond donors (Lipinski definition) is 1. The average Bonchev–Trinajstić information content (AvgIpc) is 2.55. The van der Waals surface area contributed by atoms with E-state index in [0.717, 1.165) is 0 Å². The van der Waals surface area contributed by atoms with Crippen molar-refractivity contribution in [2.75, 3.05) is 40.0 Å². The maximum Gasteiger partial charge on any atom is 0.239 e. The maximum atomic E-state index is 11.8. The second-order valence-electron chi connectivity index (χ2n) is 4.73. The van der Waals surface area contributed by atoms with Crippen LogP contribution in [-0.2, 0) is 9.53 Å². The highest BCUT2D eigenvalue weighted by Crippen LogP contribution is 2.13. The number of carbonyl (C=O) groups is 1. The van der Waals surface area contributed by atoms with E-state index >= 15 is 0 Å². The predicted molar refractivity (Wildman–Crippen MR) is 76.9 cm³/mol. The third kappa shape index (κ3) is 4.18. The fourth-order valence-electron chi connectivity index (χ4n) is 2.25. The van der Waals surface area contributed by atoms with Crippen LogP contribution in [0.3, 0.4) is 0 Å². The van der Waals surface area contributed by atoms with Gasteiger partial charge in [-0.3, -0.25) is 9.69 Å². The quantitative estimate of drug-likeness (QED) is 0.848. The summed E-state index contributed by atoms with van der Waals surface area (Å²) in [6.07, 6.45) is 0. The number of benzene rings is 1. The van der Waals surface area contributed by atoms with Gasteiger partial charge in [0.15, 0.2) is 0 Å².